The molecule has 0 heterocycles. The molecule has 1 amide bonds. The Balaban J connectivity index is 3.62. The van der Waals surface area contributed by atoms with Crippen molar-refractivity contribution < 1.29 is 4.79 Å². The van der Waals surface area contributed by atoms with Crippen molar-refractivity contribution in [3.05, 3.63) is 0 Å². The molecule has 0 aliphatic heterocycles. The van der Waals surface area contributed by atoms with Crippen molar-refractivity contribution in [3.8, 4) is 0 Å². The van der Waals surface area contributed by atoms with Crippen LogP contribution in [-0.2, 0) is 4.79 Å². The van der Waals surface area contributed by atoms with E-state index in [9.17, 15) is 4.79 Å². The van der Waals surface area contributed by atoms with Gasteiger partial charge in [-0.3, -0.25) is 4.79 Å². The first kappa shape index (κ1) is 12.8. The van der Waals surface area contributed by atoms with Gasteiger partial charge in [-0.05, 0) is 20.3 Å². The van der Waals surface area contributed by atoms with Crippen LogP contribution in [0.5, 0.6) is 0 Å². The fourth-order valence-corrected chi connectivity index (χ4v) is 1.08. The molecule has 0 saturated heterocycles. The number of alkyl halides is 1. The molecule has 0 rings (SSSR count). The van der Waals surface area contributed by atoms with Crippen molar-refractivity contribution in [2.45, 2.75) is 52.0 Å². The Hall–Kier alpha value is -0.240. The average molecular weight is 206 g/mol. The quantitative estimate of drug-likeness (QED) is 0.525. The lowest BCUT2D eigenvalue weighted by Crippen LogP contribution is -2.44. The van der Waals surface area contributed by atoms with Gasteiger partial charge in [0, 0.05) is 17.8 Å². The average Bonchev–Trinajstić information content (AvgIpc) is 2.04. The number of nitrogens with one attached hydrogen (secondary N) is 1. The fraction of sp³-hybridized carbons (Fsp3) is 0.900. The third kappa shape index (κ3) is 6.88. The summed E-state index contributed by atoms with van der Waals surface area (Å²) < 4.78 is 0. The van der Waals surface area contributed by atoms with Gasteiger partial charge in [0.2, 0.25) is 5.91 Å². The largest absolute Gasteiger partial charge is 0.350 e. The number of carbonyl (C=O) groups excluding carboxylic acids is 1. The van der Waals surface area contributed by atoms with Crippen LogP contribution >= 0.6 is 11.6 Å². The topological polar surface area (TPSA) is 29.1 Å². The summed E-state index contributed by atoms with van der Waals surface area (Å²) in [6, 6.07) is 0. The van der Waals surface area contributed by atoms with E-state index in [4.69, 9.17) is 11.6 Å². The molecule has 0 bridgehead atoms. The van der Waals surface area contributed by atoms with E-state index >= 15 is 0 Å². The SMILES string of the molecule is CCCCCC(=O)NC(C)(C)CCl. The Morgan fingerprint density at radius 3 is 2.46 bits per heavy atom. The van der Waals surface area contributed by atoms with Crippen molar-refractivity contribution in [2.75, 3.05) is 5.88 Å². The minimum absolute atomic E-state index is 0.110. The third-order valence-electron chi connectivity index (χ3n) is 1.82. The lowest BCUT2D eigenvalue weighted by molar-refractivity contribution is -0.122. The first-order chi connectivity index (χ1) is 6.02. The fourth-order valence-electron chi connectivity index (χ4n) is 1.01. The molecule has 0 aromatic heterocycles. The van der Waals surface area contributed by atoms with Crippen LogP contribution in [0.25, 0.3) is 0 Å². The van der Waals surface area contributed by atoms with Gasteiger partial charge in [-0.25, -0.2) is 0 Å². The normalized spacial score (nSPS) is 11.4. The zero-order chi connectivity index (χ0) is 10.3. The van der Waals surface area contributed by atoms with Crippen LogP contribution in [0.1, 0.15) is 46.5 Å². The molecule has 0 fully saturated rings. The number of carbonyl (C=O) groups is 1. The van der Waals surface area contributed by atoms with Crippen molar-refractivity contribution in [1.29, 1.82) is 0 Å². The predicted molar refractivity (Wildman–Crippen MR) is 57.1 cm³/mol. The van der Waals surface area contributed by atoms with Gasteiger partial charge in [0.15, 0.2) is 0 Å². The van der Waals surface area contributed by atoms with Crippen LogP contribution in [0.2, 0.25) is 0 Å². The summed E-state index contributed by atoms with van der Waals surface area (Å²) in [5.41, 5.74) is -0.273. The summed E-state index contributed by atoms with van der Waals surface area (Å²) in [5.74, 6) is 0.561. The van der Waals surface area contributed by atoms with Crippen molar-refractivity contribution >= 4 is 17.5 Å². The summed E-state index contributed by atoms with van der Waals surface area (Å²) >= 11 is 5.68. The van der Waals surface area contributed by atoms with E-state index in [1.165, 1.54) is 0 Å². The van der Waals surface area contributed by atoms with E-state index < -0.39 is 0 Å². The Labute approximate surface area is 86.0 Å². The maximum Gasteiger partial charge on any atom is 0.220 e. The molecule has 0 saturated carbocycles. The van der Waals surface area contributed by atoms with E-state index in [-0.39, 0.29) is 11.4 Å². The van der Waals surface area contributed by atoms with Crippen molar-refractivity contribution in [1.82, 2.24) is 5.32 Å². The van der Waals surface area contributed by atoms with E-state index in [1.807, 2.05) is 13.8 Å². The molecule has 78 valence electrons. The zero-order valence-electron chi connectivity index (χ0n) is 8.82. The molecule has 13 heavy (non-hydrogen) atoms. The van der Waals surface area contributed by atoms with Gasteiger partial charge in [-0.2, -0.15) is 0 Å². The van der Waals surface area contributed by atoms with Gasteiger partial charge in [0.05, 0.1) is 0 Å². The molecule has 0 aliphatic rings. The summed E-state index contributed by atoms with van der Waals surface area (Å²) in [6.45, 7) is 5.98. The van der Waals surface area contributed by atoms with Crippen LogP contribution in [0.4, 0.5) is 0 Å². The molecule has 3 heteroatoms. The van der Waals surface area contributed by atoms with Gasteiger partial charge in [-0.15, -0.1) is 11.6 Å². The van der Waals surface area contributed by atoms with Crippen molar-refractivity contribution in [2.24, 2.45) is 0 Å². The van der Waals surface area contributed by atoms with E-state index in [2.05, 4.69) is 12.2 Å². The first-order valence-corrected chi connectivity index (χ1v) is 5.42. The van der Waals surface area contributed by atoms with Crippen LogP contribution in [0.15, 0.2) is 0 Å². The second kappa shape index (κ2) is 6.25. The molecule has 2 nitrogen and oxygen atoms in total. The summed E-state index contributed by atoms with van der Waals surface area (Å²) in [4.78, 5) is 11.3. The molecule has 1 N–H and O–H groups in total. The van der Waals surface area contributed by atoms with Gasteiger partial charge in [-0.1, -0.05) is 19.8 Å². The van der Waals surface area contributed by atoms with Crippen LogP contribution in [0.3, 0.4) is 0 Å². The molecule has 0 unspecified atom stereocenters. The number of amides is 1. The highest BCUT2D eigenvalue weighted by molar-refractivity contribution is 6.18. The highest BCUT2D eigenvalue weighted by atomic mass is 35.5. The molecular formula is C10H20ClNO. The summed E-state index contributed by atoms with van der Waals surface area (Å²) in [7, 11) is 0. The van der Waals surface area contributed by atoms with Crippen LogP contribution in [-0.4, -0.2) is 17.3 Å². The lowest BCUT2D eigenvalue weighted by atomic mass is 10.1. The number of hydrogen-bond donors (Lipinski definition) is 1. The molecule has 0 aromatic carbocycles. The Morgan fingerprint density at radius 2 is 2.00 bits per heavy atom. The highest BCUT2D eigenvalue weighted by Crippen LogP contribution is 2.06. The van der Waals surface area contributed by atoms with Gasteiger partial charge in [0.1, 0.15) is 0 Å². The molecular weight excluding hydrogens is 186 g/mol. The Morgan fingerprint density at radius 1 is 1.38 bits per heavy atom. The van der Waals surface area contributed by atoms with Crippen LogP contribution < -0.4 is 5.32 Å². The molecule has 0 spiro atoms. The van der Waals surface area contributed by atoms with E-state index in [1.54, 1.807) is 0 Å². The Bertz CT molecular complexity index is 157. The third-order valence-corrected chi connectivity index (χ3v) is 2.49. The minimum atomic E-state index is -0.273. The maximum atomic E-state index is 11.3. The Kier molecular flexibility index (Phi) is 6.13. The number of halogens is 1. The second-order valence-corrected chi connectivity index (χ2v) is 4.29. The standard InChI is InChI=1S/C10H20ClNO/c1-4-5-6-7-9(13)12-10(2,3)8-11/h4-8H2,1-3H3,(H,12,13). The molecule has 0 aliphatic carbocycles. The van der Waals surface area contributed by atoms with Crippen LogP contribution in [0, 0.1) is 0 Å². The van der Waals surface area contributed by atoms with Gasteiger partial charge >= 0.3 is 0 Å². The summed E-state index contributed by atoms with van der Waals surface area (Å²) in [5, 5.41) is 2.89. The molecule has 0 atom stereocenters. The zero-order valence-corrected chi connectivity index (χ0v) is 9.58. The van der Waals surface area contributed by atoms with Gasteiger partial charge < -0.3 is 5.32 Å². The number of rotatable bonds is 6. The minimum Gasteiger partial charge on any atom is -0.350 e. The highest BCUT2D eigenvalue weighted by Gasteiger charge is 2.18. The predicted octanol–water partition coefficient (Wildman–Crippen LogP) is 2.70. The summed E-state index contributed by atoms with van der Waals surface area (Å²) in [6.07, 6.45) is 3.86. The first-order valence-electron chi connectivity index (χ1n) is 4.89. The molecule has 0 radical (unpaired) electrons. The van der Waals surface area contributed by atoms with Gasteiger partial charge in [0.25, 0.3) is 0 Å². The molecule has 0 aromatic rings. The van der Waals surface area contributed by atoms with Crippen molar-refractivity contribution in [3.63, 3.8) is 0 Å². The smallest absolute Gasteiger partial charge is 0.220 e. The van der Waals surface area contributed by atoms with E-state index in [0.717, 1.165) is 19.3 Å². The number of unbranched alkanes of at least 4 members (excludes halogenated alkanes) is 2. The monoisotopic (exact) mass is 205 g/mol. The number of hydrogen-bond acceptors (Lipinski definition) is 1. The second-order valence-electron chi connectivity index (χ2n) is 4.02. The maximum absolute atomic E-state index is 11.3. The van der Waals surface area contributed by atoms with E-state index in [0.29, 0.717) is 12.3 Å². The lowest BCUT2D eigenvalue weighted by Gasteiger charge is -2.23.